The fourth-order valence-electron chi connectivity index (χ4n) is 3.26. The Labute approximate surface area is 159 Å². The number of hydrogen-bond acceptors (Lipinski definition) is 4. The van der Waals surface area contributed by atoms with Crippen LogP contribution in [0.3, 0.4) is 0 Å². The average molecular weight is 368 g/mol. The van der Waals surface area contributed by atoms with Gasteiger partial charge in [-0.1, -0.05) is 36.4 Å². The second kappa shape index (κ2) is 9.33. The largest absolute Gasteiger partial charge is 0.463 e. The van der Waals surface area contributed by atoms with Crippen molar-refractivity contribution in [2.24, 2.45) is 0 Å². The molecule has 1 aliphatic rings. The summed E-state index contributed by atoms with van der Waals surface area (Å²) in [5, 5.41) is 3.30. The molecular formula is C22H25FN2O2. The van der Waals surface area contributed by atoms with E-state index in [9.17, 15) is 9.18 Å². The van der Waals surface area contributed by atoms with E-state index in [-0.39, 0.29) is 11.9 Å². The quantitative estimate of drug-likeness (QED) is 0.590. The number of carbonyl (C=O) groups is 1. The SMILES string of the molecule is CCOC(=O)/C=C/c1ccc(N[C@@H]2CCN(Cc3ccccc3)C2)c(F)c1. The minimum absolute atomic E-state index is 0.226. The van der Waals surface area contributed by atoms with Gasteiger partial charge in [0.15, 0.2) is 0 Å². The minimum Gasteiger partial charge on any atom is -0.463 e. The molecule has 1 atom stereocenters. The van der Waals surface area contributed by atoms with Gasteiger partial charge < -0.3 is 10.1 Å². The number of hydrogen-bond donors (Lipinski definition) is 1. The minimum atomic E-state index is -0.426. The summed E-state index contributed by atoms with van der Waals surface area (Å²) in [4.78, 5) is 13.7. The molecule has 0 unspecified atom stereocenters. The third kappa shape index (κ3) is 5.66. The lowest BCUT2D eigenvalue weighted by atomic mass is 10.1. The van der Waals surface area contributed by atoms with Crippen molar-refractivity contribution in [1.82, 2.24) is 4.90 Å². The van der Waals surface area contributed by atoms with Gasteiger partial charge in [-0.3, -0.25) is 4.90 Å². The number of anilines is 1. The topological polar surface area (TPSA) is 41.6 Å². The maximum atomic E-state index is 14.4. The Morgan fingerprint density at radius 2 is 2.11 bits per heavy atom. The molecule has 4 nitrogen and oxygen atoms in total. The molecule has 0 spiro atoms. The van der Waals surface area contributed by atoms with Crippen LogP contribution in [0.15, 0.2) is 54.6 Å². The molecule has 27 heavy (non-hydrogen) atoms. The van der Waals surface area contributed by atoms with Crippen LogP contribution >= 0.6 is 0 Å². The first-order chi connectivity index (χ1) is 13.1. The molecule has 5 heteroatoms. The van der Waals surface area contributed by atoms with Crippen molar-refractivity contribution in [3.8, 4) is 0 Å². The van der Waals surface area contributed by atoms with Crippen LogP contribution in [0.5, 0.6) is 0 Å². The predicted molar refractivity (Wildman–Crippen MR) is 106 cm³/mol. The molecule has 1 fully saturated rings. The van der Waals surface area contributed by atoms with E-state index in [0.29, 0.717) is 17.9 Å². The van der Waals surface area contributed by atoms with Gasteiger partial charge in [0, 0.05) is 31.8 Å². The zero-order valence-corrected chi connectivity index (χ0v) is 15.5. The van der Waals surface area contributed by atoms with Crippen LogP contribution < -0.4 is 5.32 Å². The Hall–Kier alpha value is -2.66. The third-order valence-electron chi connectivity index (χ3n) is 4.57. The zero-order chi connectivity index (χ0) is 19.1. The first-order valence-electron chi connectivity index (χ1n) is 9.31. The number of benzene rings is 2. The van der Waals surface area contributed by atoms with Gasteiger partial charge in [-0.25, -0.2) is 9.18 Å². The van der Waals surface area contributed by atoms with Gasteiger partial charge in [0.1, 0.15) is 5.82 Å². The second-order valence-corrected chi connectivity index (χ2v) is 6.68. The van der Waals surface area contributed by atoms with Gasteiger partial charge in [-0.2, -0.15) is 0 Å². The van der Waals surface area contributed by atoms with Crippen molar-refractivity contribution in [2.45, 2.75) is 25.9 Å². The van der Waals surface area contributed by atoms with Gasteiger partial charge in [0.05, 0.1) is 12.3 Å². The highest BCUT2D eigenvalue weighted by Gasteiger charge is 2.23. The molecule has 0 aromatic heterocycles. The molecule has 2 aromatic carbocycles. The number of ether oxygens (including phenoxy) is 1. The number of likely N-dealkylation sites (tertiary alicyclic amines) is 1. The van der Waals surface area contributed by atoms with Gasteiger partial charge in [-0.05, 0) is 42.7 Å². The summed E-state index contributed by atoms with van der Waals surface area (Å²) < 4.78 is 19.2. The molecule has 0 radical (unpaired) electrons. The van der Waals surface area contributed by atoms with E-state index in [0.717, 1.165) is 26.1 Å². The molecule has 0 saturated carbocycles. The Balaban J connectivity index is 1.54. The average Bonchev–Trinajstić information content (AvgIpc) is 3.10. The molecule has 3 rings (SSSR count). The maximum absolute atomic E-state index is 14.4. The number of carbonyl (C=O) groups excluding carboxylic acids is 1. The van der Waals surface area contributed by atoms with Crippen LogP contribution in [-0.2, 0) is 16.1 Å². The van der Waals surface area contributed by atoms with E-state index in [4.69, 9.17) is 4.74 Å². The Bertz CT molecular complexity index is 792. The van der Waals surface area contributed by atoms with Crippen LogP contribution in [0, 0.1) is 5.82 Å². The van der Waals surface area contributed by atoms with E-state index >= 15 is 0 Å². The fraction of sp³-hybridized carbons (Fsp3) is 0.318. The summed E-state index contributed by atoms with van der Waals surface area (Å²) in [5.74, 6) is -0.743. The monoisotopic (exact) mass is 368 g/mol. The van der Waals surface area contributed by atoms with Crippen LogP contribution in [0.2, 0.25) is 0 Å². The summed E-state index contributed by atoms with van der Waals surface area (Å²) >= 11 is 0. The summed E-state index contributed by atoms with van der Waals surface area (Å²) in [6, 6.07) is 15.5. The molecule has 1 heterocycles. The summed E-state index contributed by atoms with van der Waals surface area (Å²) in [7, 11) is 0. The molecule has 2 aromatic rings. The standard InChI is InChI=1S/C22H25FN2O2/c1-2-27-22(26)11-9-17-8-10-21(20(23)14-17)24-19-12-13-25(16-19)15-18-6-4-3-5-7-18/h3-11,14,19,24H,2,12-13,15-16H2,1H3/b11-9+/t19-/m1/s1. The van der Waals surface area contributed by atoms with E-state index in [2.05, 4.69) is 34.5 Å². The van der Waals surface area contributed by atoms with Crippen LogP contribution in [0.4, 0.5) is 10.1 Å². The summed E-state index contributed by atoms with van der Waals surface area (Å²) in [6.07, 6.45) is 3.85. The first-order valence-corrected chi connectivity index (χ1v) is 9.31. The normalized spacial score (nSPS) is 17.3. The smallest absolute Gasteiger partial charge is 0.330 e. The Morgan fingerprint density at radius 3 is 2.85 bits per heavy atom. The predicted octanol–water partition coefficient (Wildman–Crippen LogP) is 4.09. The molecule has 142 valence electrons. The first kappa shape index (κ1) is 19.1. The van der Waals surface area contributed by atoms with Crippen molar-refractivity contribution in [3.63, 3.8) is 0 Å². The highest BCUT2D eigenvalue weighted by Crippen LogP contribution is 2.21. The van der Waals surface area contributed by atoms with Crippen molar-refractivity contribution in [1.29, 1.82) is 0 Å². The van der Waals surface area contributed by atoms with Gasteiger partial charge >= 0.3 is 5.97 Å². The van der Waals surface area contributed by atoms with Crippen LogP contribution in [0.1, 0.15) is 24.5 Å². The van der Waals surface area contributed by atoms with Gasteiger partial charge in [0.25, 0.3) is 0 Å². The lowest BCUT2D eigenvalue weighted by molar-refractivity contribution is -0.137. The van der Waals surface area contributed by atoms with E-state index in [1.807, 2.05) is 6.07 Å². The van der Waals surface area contributed by atoms with Gasteiger partial charge in [-0.15, -0.1) is 0 Å². The fourth-order valence-corrected chi connectivity index (χ4v) is 3.26. The highest BCUT2D eigenvalue weighted by molar-refractivity contribution is 5.87. The van der Waals surface area contributed by atoms with Crippen molar-refractivity contribution in [2.75, 3.05) is 25.0 Å². The highest BCUT2D eigenvalue weighted by atomic mass is 19.1. The van der Waals surface area contributed by atoms with Crippen LogP contribution in [0.25, 0.3) is 6.08 Å². The summed E-state index contributed by atoms with van der Waals surface area (Å²) in [6.45, 7) is 4.87. The second-order valence-electron chi connectivity index (χ2n) is 6.68. The molecule has 1 aliphatic heterocycles. The molecule has 0 amide bonds. The number of nitrogens with zero attached hydrogens (tertiary/aromatic N) is 1. The lowest BCUT2D eigenvalue weighted by Gasteiger charge is -2.18. The van der Waals surface area contributed by atoms with Crippen molar-refractivity contribution < 1.29 is 13.9 Å². The molecule has 1 saturated heterocycles. The number of halogens is 1. The molecular weight excluding hydrogens is 343 g/mol. The Morgan fingerprint density at radius 1 is 1.30 bits per heavy atom. The molecule has 0 aliphatic carbocycles. The number of rotatable bonds is 7. The van der Waals surface area contributed by atoms with E-state index < -0.39 is 5.97 Å². The number of nitrogens with one attached hydrogen (secondary N) is 1. The van der Waals surface area contributed by atoms with E-state index in [1.165, 1.54) is 17.7 Å². The Kier molecular flexibility index (Phi) is 6.60. The zero-order valence-electron chi connectivity index (χ0n) is 15.5. The van der Waals surface area contributed by atoms with Crippen molar-refractivity contribution >= 4 is 17.7 Å². The maximum Gasteiger partial charge on any atom is 0.330 e. The number of esters is 1. The van der Waals surface area contributed by atoms with Crippen molar-refractivity contribution in [3.05, 3.63) is 71.6 Å². The van der Waals surface area contributed by atoms with Gasteiger partial charge in [0.2, 0.25) is 0 Å². The van der Waals surface area contributed by atoms with E-state index in [1.54, 1.807) is 25.1 Å². The van der Waals surface area contributed by atoms with Crippen LogP contribution in [-0.4, -0.2) is 36.6 Å². The summed E-state index contributed by atoms with van der Waals surface area (Å²) in [5.41, 5.74) is 2.42. The third-order valence-corrected chi connectivity index (χ3v) is 4.57. The molecule has 1 N–H and O–H groups in total. The molecule has 0 bridgehead atoms. The lowest BCUT2D eigenvalue weighted by Crippen LogP contribution is -2.26.